The molecule has 0 amide bonds. The van der Waals surface area contributed by atoms with E-state index in [-0.39, 0.29) is 11.9 Å². The van der Waals surface area contributed by atoms with Gasteiger partial charge < -0.3 is 4.74 Å². The van der Waals surface area contributed by atoms with Crippen molar-refractivity contribution in [3.05, 3.63) is 29.6 Å². The van der Waals surface area contributed by atoms with Crippen molar-refractivity contribution in [2.75, 3.05) is 6.61 Å². The lowest BCUT2D eigenvalue weighted by Crippen LogP contribution is -2.22. The molecule has 2 atom stereocenters. The molecule has 14 heavy (non-hydrogen) atoms. The number of rotatable bonds is 2. The van der Waals surface area contributed by atoms with E-state index in [9.17, 15) is 4.79 Å². The first-order chi connectivity index (χ1) is 6.83. The molecule has 2 aliphatic rings. The van der Waals surface area contributed by atoms with Crippen LogP contribution in [0.25, 0.3) is 0 Å². The molecule has 0 aromatic rings. The second kappa shape index (κ2) is 4.22. The van der Waals surface area contributed by atoms with E-state index in [0.29, 0.717) is 11.9 Å². The lowest BCUT2D eigenvalue weighted by Gasteiger charge is -2.20. The van der Waals surface area contributed by atoms with Crippen molar-refractivity contribution in [3.8, 4) is 0 Å². The van der Waals surface area contributed by atoms with Crippen LogP contribution in [0.3, 0.4) is 0 Å². The quantitative estimate of drug-likeness (QED) is 0.651. The second-order valence-corrected chi connectivity index (χ2v) is 4.33. The zero-order valence-corrected chi connectivity index (χ0v) is 8.84. The van der Waals surface area contributed by atoms with Gasteiger partial charge in [0, 0.05) is 22.5 Å². The van der Waals surface area contributed by atoms with Crippen LogP contribution in [-0.4, -0.2) is 17.8 Å². The Labute approximate surface area is 88.4 Å². The molecule has 3 heteroatoms. The molecule has 0 bridgehead atoms. The fraction of sp³-hybridized carbons (Fsp3) is 0.455. The predicted octanol–water partition coefficient (Wildman–Crippen LogP) is 2.21. The monoisotopic (exact) mass is 208 g/mol. The summed E-state index contributed by atoms with van der Waals surface area (Å²) in [5.41, 5.74) is 0.803. The van der Waals surface area contributed by atoms with Crippen molar-refractivity contribution < 1.29 is 9.53 Å². The van der Waals surface area contributed by atoms with Crippen molar-refractivity contribution >= 4 is 17.7 Å². The fourth-order valence-electron chi connectivity index (χ4n) is 1.72. The minimum absolute atomic E-state index is 0.170. The van der Waals surface area contributed by atoms with Gasteiger partial charge in [-0.2, -0.15) is 0 Å². The molecule has 2 unspecified atom stereocenters. The highest BCUT2D eigenvalue weighted by Crippen LogP contribution is 2.42. The highest BCUT2D eigenvalue weighted by atomic mass is 32.2. The van der Waals surface area contributed by atoms with Crippen molar-refractivity contribution in [1.29, 1.82) is 0 Å². The topological polar surface area (TPSA) is 26.3 Å². The van der Waals surface area contributed by atoms with Crippen molar-refractivity contribution in [2.45, 2.75) is 18.6 Å². The number of hydrogen-bond acceptors (Lipinski definition) is 3. The van der Waals surface area contributed by atoms with Crippen LogP contribution in [0.1, 0.15) is 13.3 Å². The lowest BCUT2D eigenvalue weighted by atomic mass is 9.89. The molecular formula is C11H12O2S. The average molecular weight is 208 g/mol. The van der Waals surface area contributed by atoms with Crippen LogP contribution in [0.4, 0.5) is 0 Å². The second-order valence-electron chi connectivity index (χ2n) is 3.26. The third-order valence-electron chi connectivity index (χ3n) is 2.41. The Morgan fingerprint density at radius 1 is 1.79 bits per heavy atom. The maximum absolute atomic E-state index is 11.6. The first-order valence-corrected chi connectivity index (χ1v) is 5.65. The van der Waals surface area contributed by atoms with Crippen LogP contribution in [-0.2, 0) is 9.53 Å². The predicted molar refractivity (Wildman–Crippen MR) is 56.6 cm³/mol. The maximum atomic E-state index is 11.6. The van der Waals surface area contributed by atoms with Crippen molar-refractivity contribution in [3.63, 3.8) is 0 Å². The Morgan fingerprint density at radius 2 is 2.64 bits per heavy atom. The van der Waals surface area contributed by atoms with Gasteiger partial charge in [0.1, 0.15) is 0 Å². The third-order valence-corrected chi connectivity index (χ3v) is 3.50. The van der Waals surface area contributed by atoms with E-state index in [4.69, 9.17) is 4.74 Å². The summed E-state index contributed by atoms with van der Waals surface area (Å²) >= 11 is 1.68. The van der Waals surface area contributed by atoms with Gasteiger partial charge in [-0.1, -0.05) is 18.2 Å². The molecule has 2 radical (unpaired) electrons. The molecule has 2 rings (SSSR count). The summed E-state index contributed by atoms with van der Waals surface area (Å²) in [6, 6.07) is 0. The number of allylic oxidation sites excluding steroid dienone is 2. The lowest BCUT2D eigenvalue weighted by molar-refractivity contribution is -0.139. The van der Waals surface area contributed by atoms with E-state index in [2.05, 4.69) is 11.8 Å². The summed E-state index contributed by atoms with van der Waals surface area (Å²) in [6.07, 6.45) is 6.78. The van der Waals surface area contributed by atoms with Gasteiger partial charge in [0.05, 0.1) is 6.61 Å². The summed E-state index contributed by atoms with van der Waals surface area (Å²) in [5, 5.41) is 0.388. The maximum Gasteiger partial charge on any atom is 0.334 e. The summed E-state index contributed by atoms with van der Waals surface area (Å²) in [6.45, 7) is 2.27. The van der Waals surface area contributed by atoms with E-state index < -0.39 is 0 Å². The summed E-state index contributed by atoms with van der Waals surface area (Å²) < 4.78 is 5.01. The number of ether oxygens (including phenoxy) is 1. The minimum Gasteiger partial charge on any atom is -0.463 e. The standard InChI is InChI=1S/C11H12O2S/c1-2-13-11(12)9-4-3-5-10-8(9)6-7-14-10/h3-5,8,10H,2,6H2,1H3. The molecule has 0 N–H and O–H groups in total. The molecule has 0 aromatic heterocycles. The number of fused-ring (bicyclic) bond motifs is 1. The Bertz CT molecular complexity index is 294. The van der Waals surface area contributed by atoms with E-state index in [0.717, 1.165) is 12.0 Å². The molecule has 1 heterocycles. The SMILES string of the molecule is CCOC(=O)C1=CC=CC2S[C]CC12. The minimum atomic E-state index is -0.170. The first kappa shape index (κ1) is 9.84. The Hall–Kier alpha value is -0.700. The first-order valence-electron chi connectivity index (χ1n) is 4.77. The van der Waals surface area contributed by atoms with Crippen LogP contribution >= 0.6 is 11.8 Å². The molecule has 1 saturated heterocycles. The van der Waals surface area contributed by atoms with Gasteiger partial charge in [-0.15, -0.1) is 11.8 Å². The number of hydrogen-bond donors (Lipinski definition) is 0. The number of carbonyl (C=O) groups excluding carboxylic acids is 1. The Balaban J connectivity index is 2.13. The van der Waals surface area contributed by atoms with Crippen LogP contribution in [0.15, 0.2) is 23.8 Å². The van der Waals surface area contributed by atoms with Crippen LogP contribution in [0.2, 0.25) is 0 Å². The number of carbonyl (C=O) groups is 1. The number of thioether (sulfide) groups is 1. The Kier molecular flexibility index (Phi) is 2.96. The van der Waals surface area contributed by atoms with E-state index in [1.54, 1.807) is 11.8 Å². The molecule has 2 nitrogen and oxygen atoms in total. The molecule has 0 saturated carbocycles. The van der Waals surface area contributed by atoms with Crippen LogP contribution in [0, 0.1) is 11.7 Å². The smallest absolute Gasteiger partial charge is 0.334 e. The molecule has 1 aliphatic heterocycles. The average Bonchev–Trinajstić information content (AvgIpc) is 2.65. The van der Waals surface area contributed by atoms with Gasteiger partial charge in [0.25, 0.3) is 0 Å². The summed E-state index contributed by atoms with van der Waals surface area (Å²) in [7, 11) is 0. The molecule has 0 aromatic carbocycles. The molecule has 1 fully saturated rings. The van der Waals surface area contributed by atoms with E-state index >= 15 is 0 Å². The largest absolute Gasteiger partial charge is 0.463 e. The van der Waals surface area contributed by atoms with Crippen molar-refractivity contribution in [2.24, 2.45) is 5.92 Å². The van der Waals surface area contributed by atoms with Gasteiger partial charge in [-0.05, 0) is 13.3 Å². The zero-order chi connectivity index (χ0) is 9.97. The molecular weight excluding hydrogens is 196 g/mol. The summed E-state index contributed by atoms with van der Waals surface area (Å²) in [4.78, 5) is 11.6. The normalized spacial score (nSPS) is 29.6. The fourth-order valence-corrected chi connectivity index (χ4v) is 2.76. The van der Waals surface area contributed by atoms with E-state index in [1.165, 1.54) is 0 Å². The van der Waals surface area contributed by atoms with Gasteiger partial charge in [0.2, 0.25) is 0 Å². The van der Waals surface area contributed by atoms with Crippen LogP contribution < -0.4 is 0 Å². The molecule has 0 spiro atoms. The van der Waals surface area contributed by atoms with Gasteiger partial charge in [-0.25, -0.2) is 4.79 Å². The third kappa shape index (κ3) is 1.73. The van der Waals surface area contributed by atoms with Gasteiger partial charge in [-0.3, -0.25) is 0 Å². The highest BCUT2D eigenvalue weighted by molar-refractivity contribution is 8.02. The number of esters is 1. The van der Waals surface area contributed by atoms with Crippen molar-refractivity contribution in [1.82, 2.24) is 0 Å². The Morgan fingerprint density at radius 3 is 3.43 bits per heavy atom. The van der Waals surface area contributed by atoms with E-state index in [1.807, 2.05) is 19.1 Å². The summed E-state index contributed by atoms with van der Waals surface area (Å²) in [5.74, 6) is 3.32. The van der Waals surface area contributed by atoms with Gasteiger partial charge >= 0.3 is 5.97 Å². The van der Waals surface area contributed by atoms with Crippen LogP contribution in [0.5, 0.6) is 0 Å². The molecule has 1 aliphatic carbocycles. The highest BCUT2D eigenvalue weighted by Gasteiger charge is 2.34. The zero-order valence-electron chi connectivity index (χ0n) is 8.03. The molecule has 74 valence electrons. The van der Waals surface area contributed by atoms with Gasteiger partial charge in [0.15, 0.2) is 0 Å².